The Bertz CT molecular complexity index is 454. The van der Waals surface area contributed by atoms with Gasteiger partial charge in [-0.3, -0.25) is 4.79 Å². The Balaban J connectivity index is 2.47. The van der Waals surface area contributed by atoms with E-state index < -0.39 is 11.8 Å². The van der Waals surface area contributed by atoms with Crippen LogP contribution in [0.25, 0.3) is 0 Å². The molecule has 0 atom stereocenters. The molecule has 98 valence electrons. The minimum absolute atomic E-state index is 0.0478. The number of nitrogens with one attached hydrogen (secondary N) is 3. The van der Waals surface area contributed by atoms with E-state index in [9.17, 15) is 14.0 Å². The van der Waals surface area contributed by atoms with Crippen molar-refractivity contribution in [3.05, 3.63) is 28.5 Å². The largest absolute Gasteiger partial charge is 0.355 e. The van der Waals surface area contributed by atoms with Gasteiger partial charge in [0.15, 0.2) is 0 Å². The van der Waals surface area contributed by atoms with Crippen LogP contribution in [0.2, 0.25) is 0 Å². The van der Waals surface area contributed by atoms with Gasteiger partial charge in [0.05, 0.1) is 12.2 Å². The van der Waals surface area contributed by atoms with Crippen LogP contribution in [0.3, 0.4) is 0 Å². The molecular weight excluding hydrogens is 305 g/mol. The third-order valence-corrected chi connectivity index (χ3v) is 2.46. The molecule has 3 N–H and O–H groups in total. The van der Waals surface area contributed by atoms with Crippen molar-refractivity contribution in [2.75, 3.05) is 18.4 Å². The molecule has 5 nitrogen and oxygen atoms in total. The van der Waals surface area contributed by atoms with Crippen LogP contribution in [0.5, 0.6) is 0 Å². The van der Waals surface area contributed by atoms with Crippen molar-refractivity contribution in [2.24, 2.45) is 0 Å². The summed E-state index contributed by atoms with van der Waals surface area (Å²) in [4.78, 5) is 22.5. The molecule has 1 rings (SSSR count). The van der Waals surface area contributed by atoms with Gasteiger partial charge in [-0.05, 0) is 25.1 Å². The molecule has 0 aliphatic heterocycles. The van der Waals surface area contributed by atoms with E-state index in [0.29, 0.717) is 11.0 Å². The lowest BCUT2D eigenvalue weighted by Gasteiger charge is -2.08. The molecule has 7 heteroatoms. The summed E-state index contributed by atoms with van der Waals surface area (Å²) in [6, 6.07) is 3.62. The second kappa shape index (κ2) is 6.95. The first kappa shape index (κ1) is 14.4. The monoisotopic (exact) mass is 317 g/mol. The standard InChI is InChI=1S/C11H13BrFN3O2/c1-2-14-10(17)6-15-11(18)16-9-4-3-7(12)5-8(9)13/h3-5H,2,6H2,1H3,(H,14,17)(H2,15,16,18). The van der Waals surface area contributed by atoms with Gasteiger partial charge in [0.25, 0.3) is 0 Å². The van der Waals surface area contributed by atoms with Crippen molar-refractivity contribution in [2.45, 2.75) is 6.92 Å². The number of halogens is 2. The number of benzene rings is 1. The topological polar surface area (TPSA) is 70.2 Å². The molecule has 0 heterocycles. The van der Waals surface area contributed by atoms with Gasteiger partial charge in [-0.15, -0.1) is 0 Å². The van der Waals surface area contributed by atoms with Crippen LogP contribution in [0.15, 0.2) is 22.7 Å². The van der Waals surface area contributed by atoms with Gasteiger partial charge in [-0.2, -0.15) is 0 Å². The molecule has 0 radical (unpaired) electrons. The Hall–Kier alpha value is -1.63. The molecule has 3 amide bonds. The van der Waals surface area contributed by atoms with E-state index in [1.807, 2.05) is 0 Å². The highest BCUT2D eigenvalue weighted by Gasteiger charge is 2.08. The van der Waals surface area contributed by atoms with Crippen molar-refractivity contribution in [1.82, 2.24) is 10.6 Å². The number of carbonyl (C=O) groups excluding carboxylic acids is 2. The number of urea groups is 1. The Morgan fingerprint density at radius 1 is 1.33 bits per heavy atom. The van der Waals surface area contributed by atoms with Crippen molar-refractivity contribution >= 4 is 33.6 Å². The van der Waals surface area contributed by atoms with Crippen LogP contribution < -0.4 is 16.0 Å². The fraction of sp³-hybridized carbons (Fsp3) is 0.273. The zero-order chi connectivity index (χ0) is 13.5. The van der Waals surface area contributed by atoms with Crippen molar-refractivity contribution in [3.63, 3.8) is 0 Å². The zero-order valence-corrected chi connectivity index (χ0v) is 11.3. The number of likely N-dealkylation sites (N-methyl/N-ethyl adjacent to an activating group) is 1. The predicted molar refractivity (Wildman–Crippen MR) is 69.8 cm³/mol. The summed E-state index contributed by atoms with van der Waals surface area (Å²) < 4.78 is 14.0. The third-order valence-electron chi connectivity index (χ3n) is 1.96. The maximum atomic E-state index is 13.4. The average Bonchev–Trinajstić information content (AvgIpc) is 2.31. The van der Waals surface area contributed by atoms with Gasteiger partial charge in [0.1, 0.15) is 5.82 Å². The fourth-order valence-electron chi connectivity index (χ4n) is 1.18. The molecule has 0 aliphatic rings. The minimum Gasteiger partial charge on any atom is -0.355 e. The molecule has 0 bridgehead atoms. The van der Waals surface area contributed by atoms with E-state index in [1.54, 1.807) is 13.0 Å². The summed E-state index contributed by atoms with van der Waals surface area (Å²) in [5.74, 6) is -0.860. The summed E-state index contributed by atoms with van der Waals surface area (Å²) >= 11 is 3.11. The summed E-state index contributed by atoms with van der Waals surface area (Å²) in [6.45, 7) is 2.11. The molecule has 0 aromatic heterocycles. The lowest BCUT2D eigenvalue weighted by Crippen LogP contribution is -2.38. The summed E-state index contributed by atoms with van der Waals surface area (Å²) in [6.07, 6.45) is 0. The average molecular weight is 318 g/mol. The third kappa shape index (κ3) is 4.70. The first-order valence-corrected chi connectivity index (χ1v) is 6.09. The SMILES string of the molecule is CCNC(=O)CNC(=O)Nc1ccc(Br)cc1F. The van der Waals surface area contributed by atoms with Crippen LogP contribution in [0, 0.1) is 5.82 Å². The van der Waals surface area contributed by atoms with Crippen molar-refractivity contribution < 1.29 is 14.0 Å². The maximum Gasteiger partial charge on any atom is 0.319 e. The van der Waals surface area contributed by atoms with Crippen LogP contribution in [-0.4, -0.2) is 25.0 Å². The number of rotatable bonds is 4. The van der Waals surface area contributed by atoms with Crippen molar-refractivity contribution in [1.29, 1.82) is 0 Å². The van der Waals surface area contributed by atoms with Crippen molar-refractivity contribution in [3.8, 4) is 0 Å². The second-order valence-electron chi connectivity index (χ2n) is 3.39. The number of hydrogen-bond acceptors (Lipinski definition) is 2. The minimum atomic E-state index is -0.637. The van der Waals surface area contributed by atoms with Crippen LogP contribution in [0.1, 0.15) is 6.92 Å². The highest BCUT2D eigenvalue weighted by atomic mass is 79.9. The lowest BCUT2D eigenvalue weighted by molar-refractivity contribution is -0.119. The number of anilines is 1. The van der Waals surface area contributed by atoms with E-state index in [4.69, 9.17) is 0 Å². The quantitative estimate of drug-likeness (QED) is 0.793. The van der Waals surface area contributed by atoms with Crippen LogP contribution >= 0.6 is 15.9 Å². The normalized spacial score (nSPS) is 9.72. The molecule has 0 fully saturated rings. The van der Waals surface area contributed by atoms with Gasteiger partial charge in [0.2, 0.25) is 5.91 Å². The van der Waals surface area contributed by atoms with E-state index in [-0.39, 0.29) is 18.1 Å². The highest BCUT2D eigenvalue weighted by molar-refractivity contribution is 9.10. The number of carbonyl (C=O) groups is 2. The molecular formula is C11H13BrFN3O2. The Morgan fingerprint density at radius 2 is 2.06 bits per heavy atom. The van der Waals surface area contributed by atoms with Gasteiger partial charge in [-0.1, -0.05) is 15.9 Å². The second-order valence-corrected chi connectivity index (χ2v) is 4.30. The Kier molecular flexibility index (Phi) is 5.57. The van der Waals surface area contributed by atoms with Crippen LogP contribution in [-0.2, 0) is 4.79 Å². The molecule has 0 spiro atoms. The van der Waals surface area contributed by atoms with Gasteiger partial charge >= 0.3 is 6.03 Å². The zero-order valence-electron chi connectivity index (χ0n) is 9.72. The molecule has 0 saturated carbocycles. The first-order chi connectivity index (χ1) is 8.52. The maximum absolute atomic E-state index is 13.4. The highest BCUT2D eigenvalue weighted by Crippen LogP contribution is 2.18. The molecule has 1 aromatic carbocycles. The van der Waals surface area contributed by atoms with E-state index in [1.165, 1.54) is 12.1 Å². The number of hydrogen-bond donors (Lipinski definition) is 3. The molecule has 0 saturated heterocycles. The Labute approximate surface area is 112 Å². The summed E-state index contributed by atoms with van der Waals surface area (Å²) in [5, 5.41) is 7.15. The first-order valence-electron chi connectivity index (χ1n) is 5.29. The summed E-state index contributed by atoms with van der Waals surface area (Å²) in [5.41, 5.74) is 0.0478. The Morgan fingerprint density at radius 3 is 2.67 bits per heavy atom. The predicted octanol–water partition coefficient (Wildman–Crippen LogP) is 1.85. The van der Waals surface area contributed by atoms with E-state index >= 15 is 0 Å². The van der Waals surface area contributed by atoms with E-state index in [0.717, 1.165) is 0 Å². The van der Waals surface area contributed by atoms with Gasteiger partial charge in [0, 0.05) is 11.0 Å². The number of amides is 3. The van der Waals surface area contributed by atoms with Crippen LogP contribution in [0.4, 0.5) is 14.9 Å². The molecule has 1 aromatic rings. The lowest BCUT2D eigenvalue weighted by atomic mass is 10.3. The summed E-state index contributed by atoms with van der Waals surface area (Å²) in [7, 11) is 0. The smallest absolute Gasteiger partial charge is 0.319 e. The van der Waals surface area contributed by atoms with Gasteiger partial charge in [-0.25, -0.2) is 9.18 Å². The fourth-order valence-corrected chi connectivity index (χ4v) is 1.51. The molecule has 18 heavy (non-hydrogen) atoms. The molecule has 0 unspecified atom stereocenters. The molecule has 0 aliphatic carbocycles. The van der Waals surface area contributed by atoms with E-state index in [2.05, 4.69) is 31.9 Å². The van der Waals surface area contributed by atoms with Gasteiger partial charge < -0.3 is 16.0 Å².